The molecule has 282 valence electrons. The van der Waals surface area contributed by atoms with Crippen LogP contribution in [0.15, 0.2) is 109 Å². The minimum atomic E-state index is -0.0118. The van der Waals surface area contributed by atoms with E-state index in [2.05, 4.69) is 72.3 Å². The molecule has 0 spiro atoms. The summed E-state index contributed by atoms with van der Waals surface area (Å²) in [5, 5.41) is 1.09. The summed E-state index contributed by atoms with van der Waals surface area (Å²) in [6.45, 7) is 11.2. The van der Waals surface area contributed by atoms with E-state index in [4.69, 9.17) is 37.4 Å². The van der Waals surface area contributed by atoms with Crippen LogP contribution in [0.25, 0.3) is 6.08 Å². The van der Waals surface area contributed by atoms with E-state index in [-0.39, 0.29) is 18.3 Å². The Morgan fingerprint density at radius 1 is 0.833 bits per heavy atom. The molecule has 6 rings (SSSR count). The van der Waals surface area contributed by atoms with Crippen molar-refractivity contribution in [1.82, 2.24) is 14.8 Å². The zero-order chi connectivity index (χ0) is 37.2. The van der Waals surface area contributed by atoms with E-state index < -0.39 is 0 Å². The number of halogens is 3. The van der Waals surface area contributed by atoms with Gasteiger partial charge >= 0.3 is 0 Å². The van der Waals surface area contributed by atoms with Gasteiger partial charge in [0.1, 0.15) is 18.1 Å². The smallest absolute Gasteiger partial charge is 0.246 e. The first-order valence-corrected chi connectivity index (χ1v) is 18.8. The Morgan fingerprint density at radius 2 is 1.54 bits per heavy atom. The fraction of sp³-hybridized carbons (Fsp3) is 0.273. The lowest BCUT2D eigenvalue weighted by Gasteiger charge is -2.34. The number of amides is 1. The van der Waals surface area contributed by atoms with Crippen molar-refractivity contribution < 1.29 is 19.0 Å². The van der Waals surface area contributed by atoms with E-state index >= 15 is 0 Å². The predicted molar refractivity (Wildman–Crippen MR) is 221 cm³/mol. The third-order valence-corrected chi connectivity index (χ3v) is 9.91. The number of nitrogens with zero attached hydrogens (tertiary/aromatic N) is 3. The predicted octanol–water partition coefficient (Wildman–Crippen LogP) is 10.6. The maximum Gasteiger partial charge on any atom is 0.246 e. The summed E-state index contributed by atoms with van der Waals surface area (Å²) in [4.78, 5) is 21.7. The molecule has 0 radical (unpaired) electrons. The van der Waals surface area contributed by atoms with E-state index in [0.29, 0.717) is 59.6 Å². The zero-order valence-corrected chi connectivity index (χ0v) is 33.2. The van der Waals surface area contributed by atoms with Crippen LogP contribution in [0.4, 0.5) is 0 Å². The Hall–Kier alpha value is -4.53. The van der Waals surface area contributed by atoms with Gasteiger partial charge in [-0.05, 0) is 83.1 Å². The minimum Gasteiger partial charge on any atom is -0.493 e. The van der Waals surface area contributed by atoms with E-state index in [9.17, 15) is 4.79 Å². The molecular formula is C44H46Cl3N3O4. The number of aromatic nitrogens is 1. The number of hydrogen-bond acceptors (Lipinski definition) is 6. The topological polar surface area (TPSA) is 64.1 Å². The fourth-order valence-electron chi connectivity index (χ4n) is 6.08. The standard InChI is InChI=1S/C44H45Cl2N3O4.ClH/c1-31(2)36-13-15-38(16-14-36)51-25-20-33-8-10-34(11-9-33)29-48-21-23-49(24-22-48)43(50)19-12-35-26-32(3)44(41(46)27-35)53-42-18-17-39(28-47-42)52-30-37-6-4-5-7-40(37)45;/h4-19,26-28,31H,20-25,29-30H2,1-3H3;1H. The Labute approximate surface area is 334 Å². The van der Waals surface area contributed by atoms with Gasteiger partial charge in [-0.1, -0.05) is 91.6 Å². The molecule has 0 atom stereocenters. The van der Waals surface area contributed by atoms with Crippen LogP contribution in [-0.4, -0.2) is 53.5 Å². The van der Waals surface area contributed by atoms with Crippen molar-refractivity contribution >= 4 is 47.6 Å². The molecule has 4 aromatic carbocycles. The number of carbonyl (C=O) groups excluding carboxylic acids is 1. The maximum atomic E-state index is 13.1. The van der Waals surface area contributed by atoms with Crippen molar-refractivity contribution in [1.29, 1.82) is 0 Å². The van der Waals surface area contributed by atoms with Crippen LogP contribution in [0, 0.1) is 6.92 Å². The second kappa shape index (κ2) is 19.7. The highest BCUT2D eigenvalue weighted by Crippen LogP contribution is 2.34. The molecule has 54 heavy (non-hydrogen) atoms. The van der Waals surface area contributed by atoms with Gasteiger partial charge in [-0.3, -0.25) is 9.69 Å². The summed E-state index contributed by atoms with van der Waals surface area (Å²) in [6.07, 6.45) is 5.88. The highest BCUT2D eigenvalue weighted by molar-refractivity contribution is 6.32. The molecule has 0 bridgehead atoms. The Balaban J connectivity index is 0.00000561. The van der Waals surface area contributed by atoms with Crippen molar-refractivity contribution in [3.8, 4) is 23.1 Å². The SMILES string of the molecule is Cc1cc(C=CC(=O)N2CCN(Cc3ccc(CCOc4ccc(C(C)C)cc4)cc3)CC2)cc(Cl)c1Oc1ccc(OCc2ccccc2Cl)cn1.Cl. The highest BCUT2D eigenvalue weighted by atomic mass is 35.5. The number of hydrogen-bond donors (Lipinski definition) is 0. The van der Waals surface area contributed by atoms with Gasteiger partial charge in [0.15, 0.2) is 5.75 Å². The van der Waals surface area contributed by atoms with E-state index in [1.165, 1.54) is 16.7 Å². The summed E-state index contributed by atoms with van der Waals surface area (Å²) in [5.74, 6) is 2.91. The van der Waals surface area contributed by atoms with Gasteiger partial charge < -0.3 is 19.1 Å². The molecule has 0 N–H and O–H groups in total. The van der Waals surface area contributed by atoms with E-state index in [1.807, 2.05) is 42.2 Å². The lowest BCUT2D eigenvalue weighted by atomic mass is 10.0. The van der Waals surface area contributed by atoms with Crippen LogP contribution < -0.4 is 14.2 Å². The maximum absolute atomic E-state index is 13.1. The summed E-state index contributed by atoms with van der Waals surface area (Å²) in [6, 6.07) is 31.9. The molecule has 1 aliphatic heterocycles. The van der Waals surface area contributed by atoms with Crippen LogP contribution in [-0.2, 0) is 24.4 Å². The van der Waals surface area contributed by atoms with Crippen LogP contribution in [0.2, 0.25) is 10.0 Å². The lowest BCUT2D eigenvalue weighted by molar-refractivity contribution is -0.127. The van der Waals surface area contributed by atoms with Gasteiger partial charge in [0.25, 0.3) is 0 Å². The summed E-state index contributed by atoms with van der Waals surface area (Å²) < 4.78 is 17.8. The highest BCUT2D eigenvalue weighted by Gasteiger charge is 2.20. The van der Waals surface area contributed by atoms with Gasteiger partial charge in [-0.2, -0.15) is 0 Å². The second-order valence-corrected chi connectivity index (χ2v) is 14.4. The van der Waals surface area contributed by atoms with E-state index in [0.717, 1.165) is 48.5 Å². The van der Waals surface area contributed by atoms with Gasteiger partial charge in [0.05, 0.1) is 17.8 Å². The van der Waals surface area contributed by atoms with Crippen LogP contribution in [0.5, 0.6) is 23.1 Å². The van der Waals surface area contributed by atoms with Crippen molar-refractivity contribution in [3.63, 3.8) is 0 Å². The Kier molecular flexibility index (Phi) is 14.8. The molecule has 1 amide bonds. The first-order chi connectivity index (χ1) is 25.7. The van der Waals surface area contributed by atoms with Crippen LogP contribution in [0.3, 0.4) is 0 Å². The minimum absolute atomic E-state index is 0. The summed E-state index contributed by atoms with van der Waals surface area (Å²) >= 11 is 12.9. The number of aryl methyl sites for hydroxylation is 1. The third-order valence-electron chi connectivity index (χ3n) is 9.26. The molecule has 5 aromatic rings. The monoisotopic (exact) mass is 785 g/mol. The van der Waals surface area contributed by atoms with Gasteiger partial charge in [-0.25, -0.2) is 4.98 Å². The molecule has 0 saturated carbocycles. The quantitative estimate of drug-likeness (QED) is 0.104. The van der Waals surface area contributed by atoms with Crippen molar-refractivity contribution in [2.24, 2.45) is 0 Å². The average molecular weight is 787 g/mol. The largest absolute Gasteiger partial charge is 0.493 e. The molecular weight excluding hydrogens is 741 g/mol. The molecule has 7 nitrogen and oxygen atoms in total. The van der Waals surface area contributed by atoms with Gasteiger partial charge in [-0.15, -0.1) is 12.4 Å². The normalized spacial score (nSPS) is 13.2. The first kappa shape index (κ1) is 40.7. The lowest BCUT2D eigenvalue weighted by Crippen LogP contribution is -2.47. The van der Waals surface area contributed by atoms with Gasteiger partial charge in [0, 0.05) is 61.9 Å². The van der Waals surface area contributed by atoms with Crippen LogP contribution >= 0.6 is 35.6 Å². The van der Waals surface area contributed by atoms with Crippen LogP contribution in [0.1, 0.15) is 53.1 Å². The number of carbonyl (C=O) groups is 1. The molecule has 1 aromatic heterocycles. The average Bonchev–Trinajstić information content (AvgIpc) is 3.16. The molecule has 10 heteroatoms. The Bertz CT molecular complexity index is 1970. The number of benzene rings is 4. The van der Waals surface area contributed by atoms with Crippen molar-refractivity contribution in [3.05, 3.63) is 153 Å². The number of rotatable bonds is 14. The number of ether oxygens (including phenoxy) is 3. The zero-order valence-electron chi connectivity index (χ0n) is 30.8. The number of piperazine rings is 1. The third kappa shape index (κ3) is 11.5. The Morgan fingerprint density at radius 3 is 2.20 bits per heavy atom. The molecule has 1 fully saturated rings. The van der Waals surface area contributed by atoms with Crippen molar-refractivity contribution in [2.45, 2.75) is 46.3 Å². The summed E-state index contributed by atoms with van der Waals surface area (Å²) in [5.41, 5.74) is 6.38. The first-order valence-electron chi connectivity index (χ1n) is 18.0. The fourth-order valence-corrected chi connectivity index (χ4v) is 6.58. The van der Waals surface area contributed by atoms with Crippen molar-refractivity contribution in [2.75, 3.05) is 32.8 Å². The summed E-state index contributed by atoms with van der Waals surface area (Å²) in [7, 11) is 0. The number of pyridine rings is 1. The van der Waals surface area contributed by atoms with E-state index in [1.54, 1.807) is 36.5 Å². The molecule has 2 heterocycles. The molecule has 0 unspecified atom stereocenters. The molecule has 1 saturated heterocycles. The molecule has 0 aliphatic carbocycles. The molecule has 1 aliphatic rings. The van der Waals surface area contributed by atoms with Gasteiger partial charge in [0.2, 0.25) is 11.8 Å². The second-order valence-electron chi connectivity index (χ2n) is 13.5.